The van der Waals surface area contributed by atoms with Gasteiger partial charge in [0.15, 0.2) is 0 Å². The SMILES string of the molecule is CC(C)NCC1CCC(C)(C)CC1c1ccncc1F. The molecule has 0 amide bonds. The minimum Gasteiger partial charge on any atom is -0.314 e. The summed E-state index contributed by atoms with van der Waals surface area (Å²) in [5, 5.41) is 3.52. The quantitative estimate of drug-likeness (QED) is 0.895. The molecule has 1 fully saturated rings. The molecule has 0 radical (unpaired) electrons. The molecule has 2 atom stereocenters. The predicted molar refractivity (Wildman–Crippen MR) is 81.2 cm³/mol. The van der Waals surface area contributed by atoms with E-state index in [9.17, 15) is 4.39 Å². The fraction of sp³-hybridized carbons (Fsp3) is 0.706. The summed E-state index contributed by atoms with van der Waals surface area (Å²) in [6, 6.07) is 2.34. The van der Waals surface area contributed by atoms with E-state index in [2.05, 4.69) is 38.0 Å². The van der Waals surface area contributed by atoms with E-state index >= 15 is 0 Å². The third kappa shape index (κ3) is 3.78. The van der Waals surface area contributed by atoms with Crippen molar-refractivity contribution in [3.63, 3.8) is 0 Å². The van der Waals surface area contributed by atoms with Crippen LogP contribution in [-0.4, -0.2) is 17.6 Å². The lowest BCUT2D eigenvalue weighted by molar-refractivity contribution is 0.156. The van der Waals surface area contributed by atoms with Crippen molar-refractivity contribution in [2.24, 2.45) is 11.3 Å². The van der Waals surface area contributed by atoms with Gasteiger partial charge in [0.05, 0.1) is 6.20 Å². The molecule has 1 saturated carbocycles. The van der Waals surface area contributed by atoms with Crippen molar-refractivity contribution in [2.45, 2.75) is 58.9 Å². The van der Waals surface area contributed by atoms with E-state index in [0.29, 0.717) is 23.3 Å². The maximum Gasteiger partial charge on any atom is 0.144 e. The Bertz CT molecular complexity index is 440. The zero-order chi connectivity index (χ0) is 14.8. The van der Waals surface area contributed by atoms with Gasteiger partial charge in [0.1, 0.15) is 5.82 Å². The van der Waals surface area contributed by atoms with Gasteiger partial charge in [0.2, 0.25) is 0 Å². The smallest absolute Gasteiger partial charge is 0.144 e. The molecular weight excluding hydrogens is 251 g/mol. The summed E-state index contributed by atoms with van der Waals surface area (Å²) in [6.07, 6.45) is 6.51. The fourth-order valence-corrected chi connectivity index (χ4v) is 3.32. The van der Waals surface area contributed by atoms with Gasteiger partial charge in [-0.2, -0.15) is 0 Å². The average Bonchev–Trinajstić information content (AvgIpc) is 2.37. The second-order valence-electron chi connectivity index (χ2n) is 7.23. The van der Waals surface area contributed by atoms with Crippen molar-refractivity contribution in [3.8, 4) is 0 Å². The van der Waals surface area contributed by atoms with Crippen LogP contribution in [-0.2, 0) is 0 Å². The van der Waals surface area contributed by atoms with Crippen molar-refractivity contribution in [1.29, 1.82) is 0 Å². The van der Waals surface area contributed by atoms with E-state index < -0.39 is 0 Å². The van der Waals surface area contributed by atoms with Crippen molar-refractivity contribution < 1.29 is 4.39 Å². The van der Waals surface area contributed by atoms with Crippen LogP contribution < -0.4 is 5.32 Å². The van der Waals surface area contributed by atoms with Gasteiger partial charge in [0, 0.05) is 12.2 Å². The molecule has 1 aromatic rings. The van der Waals surface area contributed by atoms with Gasteiger partial charge in [-0.05, 0) is 54.7 Å². The minimum atomic E-state index is -0.148. The molecule has 3 heteroatoms. The average molecular weight is 278 g/mol. The molecule has 0 saturated heterocycles. The van der Waals surface area contributed by atoms with Crippen LogP contribution in [0.3, 0.4) is 0 Å². The Morgan fingerprint density at radius 2 is 2.20 bits per heavy atom. The van der Waals surface area contributed by atoms with E-state index in [0.717, 1.165) is 18.5 Å². The largest absolute Gasteiger partial charge is 0.314 e. The van der Waals surface area contributed by atoms with Crippen LogP contribution in [0.4, 0.5) is 4.39 Å². The molecule has 2 nitrogen and oxygen atoms in total. The van der Waals surface area contributed by atoms with Crippen LogP contribution in [0.5, 0.6) is 0 Å². The van der Waals surface area contributed by atoms with Crippen LogP contribution in [0.25, 0.3) is 0 Å². The van der Waals surface area contributed by atoms with E-state index in [4.69, 9.17) is 0 Å². The van der Waals surface area contributed by atoms with E-state index in [1.54, 1.807) is 6.20 Å². The maximum atomic E-state index is 14.1. The van der Waals surface area contributed by atoms with Gasteiger partial charge >= 0.3 is 0 Å². The van der Waals surface area contributed by atoms with Gasteiger partial charge in [0.25, 0.3) is 0 Å². The normalized spacial score (nSPS) is 25.9. The van der Waals surface area contributed by atoms with Crippen molar-refractivity contribution in [2.75, 3.05) is 6.54 Å². The highest BCUT2D eigenvalue weighted by molar-refractivity contribution is 5.20. The number of hydrogen-bond donors (Lipinski definition) is 1. The molecule has 1 aromatic heterocycles. The molecule has 2 rings (SSSR count). The summed E-state index contributed by atoms with van der Waals surface area (Å²) in [7, 11) is 0. The zero-order valence-electron chi connectivity index (χ0n) is 13.1. The Morgan fingerprint density at radius 1 is 1.45 bits per heavy atom. The monoisotopic (exact) mass is 278 g/mol. The van der Waals surface area contributed by atoms with Crippen molar-refractivity contribution in [3.05, 3.63) is 29.8 Å². The molecule has 0 bridgehead atoms. The highest BCUT2D eigenvalue weighted by Crippen LogP contribution is 2.46. The molecular formula is C17H27FN2. The Kier molecular flexibility index (Phi) is 4.79. The third-order valence-corrected chi connectivity index (χ3v) is 4.53. The molecule has 1 heterocycles. The Labute approximate surface area is 122 Å². The Balaban J connectivity index is 2.20. The summed E-state index contributed by atoms with van der Waals surface area (Å²) >= 11 is 0. The highest BCUT2D eigenvalue weighted by Gasteiger charge is 2.36. The Morgan fingerprint density at radius 3 is 2.85 bits per heavy atom. The lowest BCUT2D eigenvalue weighted by Crippen LogP contribution is -2.37. The van der Waals surface area contributed by atoms with Crippen LogP contribution in [0, 0.1) is 17.2 Å². The molecule has 112 valence electrons. The number of hydrogen-bond acceptors (Lipinski definition) is 2. The third-order valence-electron chi connectivity index (χ3n) is 4.53. The summed E-state index contributed by atoms with van der Waals surface area (Å²) in [4.78, 5) is 3.88. The number of nitrogens with zero attached hydrogens (tertiary/aromatic N) is 1. The lowest BCUT2D eigenvalue weighted by Gasteiger charge is -2.41. The summed E-state index contributed by atoms with van der Waals surface area (Å²) in [5.41, 5.74) is 1.15. The minimum absolute atomic E-state index is 0.148. The topological polar surface area (TPSA) is 24.9 Å². The summed E-state index contributed by atoms with van der Waals surface area (Å²) in [5.74, 6) is 0.667. The molecule has 2 unspecified atom stereocenters. The second kappa shape index (κ2) is 6.21. The first-order valence-corrected chi connectivity index (χ1v) is 7.72. The molecule has 20 heavy (non-hydrogen) atoms. The van der Waals surface area contributed by atoms with Gasteiger partial charge in [-0.3, -0.25) is 4.98 Å². The number of aromatic nitrogens is 1. The predicted octanol–water partition coefficient (Wildman–Crippen LogP) is 4.13. The first kappa shape index (κ1) is 15.4. The van der Waals surface area contributed by atoms with Gasteiger partial charge in [-0.25, -0.2) is 4.39 Å². The van der Waals surface area contributed by atoms with Gasteiger partial charge in [-0.1, -0.05) is 27.7 Å². The first-order valence-electron chi connectivity index (χ1n) is 7.72. The molecule has 1 N–H and O–H groups in total. The molecule has 0 aliphatic heterocycles. The highest BCUT2D eigenvalue weighted by atomic mass is 19.1. The zero-order valence-corrected chi connectivity index (χ0v) is 13.1. The number of nitrogens with one attached hydrogen (secondary N) is 1. The van der Waals surface area contributed by atoms with Crippen LogP contribution in [0.1, 0.15) is 58.4 Å². The molecule has 1 aliphatic rings. The fourth-order valence-electron chi connectivity index (χ4n) is 3.32. The second-order valence-corrected chi connectivity index (χ2v) is 7.23. The number of rotatable bonds is 4. The standard InChI is InChI=1S/C17H27FN2/c1-12(2)20-10-13-5-7-17(3,4)9-15(13)14-6-8-19-11-16(14)18/h6,8,11-13,15,20H,5,7,9-10H2,1-4H3. The lowest BCUT2D eigenvalue weighted by atomic mass is 9.65. The molecule has 0 aromatic carbocycles. The van der Waals surface area contributed by atoms with Gasteiger partial charge in [-0.15, -0.1) is 0 Å². The first-order chi connectivity index (χ1) is 9.39. The van der Waals surface area contributed by atoms with E-state index in [-0.39, 0.29) is 5.82 Å². The molecule has 0 spiro atoms. The summed E-state index contributed by atoms with van der Waals surface area (Å²) < 4.78 is 14.1. The van der Waals surface area contributed by atoms with Crippen LogP contribution in [0.15, 0.2) is 18.5 Å². The Hall–Kier alpha value is -0.960. The van der Waals surface area contributed by atoms with Crippen molar-refractivity contribution >= 4 is 0 Å². The van der Waals surface area contributed by atoms with Crippen LogP contribution >= 0.6 is 0 Å². The number of pyridine rings is 1. The number of halogens is 1. The molecule has 1 aliphatic carbocycles. The van der Waals surface area contributed by atoms with Crippen molar-refractivity contribution in [1.82, 2.24) is 10.3 Å². The van der Waals surface area contributed by atoms with Gasteiger partial charge < -0.3 is 5.32 Å². The van der Waals surface area contributed by atoms with E-state index in [1.165, 1.54) is 19.0 Å². The summed E-state index contributed by atoms with van der Waals surface area (Å²) in [6.45, 7) is 9.89. The maximum absolute atomic E-state index is 14.1. The van der Waals surface area contributed by atoms with E-state index in [1.807, 2.05) is 6.07 Å². The van der Waals surface area contributed by atoms with Crippen LogP contribution in [0.2, 0.25) is 0 Å².